The molecule has 0 unspecified atom stereocenters. The minimum absolute atomic E-state index is 0.0419. The van der Waals surface area contributed by atoms with E-state index in [1.807, 2.05) is 30.5 Å². The van der Waals surface area contributed by atoms with Crippen molar-refractivity contribution in [2.24, 2.45) is 0 Å². The summed E-state index contributed by atoms with van der Waals surface area (Å²) >= 11 is 0. The summed E-state index contributed by atoms with van der Waals surface area (Å²) in [5.74, 6) is 0.736. The molecule has 3 nitrogen and oxygen atoms in total. The van der Waals surface area contributed by atoms with Crippen molar-refractivity contribution in [3.8, 4) is 0 Å². The van der Waals surface area contributed by atoms with Gasteiger partial charge in [-0.1, -0.05) is 26.8 Å². The fourth-order valence-corrected chi connectivity index (χ4v) is 2.70. The smallest absolute Gasteiger partial charge is 0.152 e. The van der Waals surface area contributed by atoms with Crippen molar-refractivity contribution in [3.05, 3.63) is 64.9 Å². The van der Waals surface area contributed by atoms with Gasteiger partial charge in [-0.25, -0.2) is 9.97 Å². The molecule has 0 fully saturated rings. The lowest BCUT2D eigenvalue weighted by Gasteiger charge is -2.21. The number of hydrogen-bond donors (Lipinski definition) is 0. The second-order valence-corrected chi connectivity index (χ2v) is 7.25. The lowest BCUT2D eigenvalue weighted by molar-refractivity contribution is 0.573. The molecular weight excluding hydrogens is 294 g/mol. The standard InChI is InChI=1S/C21H23N3/c1-14-11-17-18(12-15(14)2)23-19(24-20(17)21(3,4)5)9-8-16-7-6-10-22-13-16/h6-13H,1-5H3/b9-8+. The Balaban J connectivity index is 2.16. The van der Waals surface area contributed by atoms with Crippen LogP contribution in [0.5, 0.6) is 0 Å². The summed E-state index contributed by atoms with van der Waals surface area (Å²) in [4.78, 5) is 13.7. The van der Waals surface area contributed by atoms with E-state index in [1.54, 1.807) is 6.20 Å². The lowest BCUT2D eigenvalue weighted by atomic mass is 9.88. The summed E-state index contributed by atoms with van der Waals surface area (Å²) in [5, 5.41) is 1.14. The van der Waals surface area contributed by atoms with Crippen LogP contribution < -0.4 is 0 Å². The molecule has 0 aliphatic rings. The highest BCUT2D eigenvalue weighted by molar-refractivity contribution is 5.84. The van der Waals surface area contributed by atoms with E-state index in [-0.39, 0.29) is 5.41 Å². The number of benzene rings is 1. The molecule has 122 valence electrons. The number of pyridine rings is 1. The van der Waals surface area contributed by atoms with Gasteiger partial charge < -0.3 is 0 Å². The number of hydrogen-bond acceptors (Lipinski definition) is 3. The average Bonchev–Trinajstić information content (AvgIpc) is 2.53. The maximum Gasteiger partial charge on any atom is 0.152 e. The van der Waals surface area contributed by atoms with Crippen LogP contribution in [0.1, 0.15) is 49.0 Å². The normalized spacial score (nSPS) is 12.2. The molecule has 3 aromatic rings. The van der Waals surface area contributed by atoms with E-state index < -0.39 is 0 Å². The van der Waals surface area contributed by atoms with Crippen molar-refractivity contribution in [3.63, 3.8) is 0 Å². The van der Waals surface area contributed by atoms with Crippen molar-refractivity contribution >= 4 is 23.1 Å². The van der Waals surface area contributed by atoms with Crippen LogP contribution in [0.25, 0.3) is 23.1 Å². The highest BCUT2D eigenvalue weighted by atomic mass is 14.9. The monoisotopic (exact) mass is 317 g/mol. The summed E-state index contributed by atoms with van der Waals surface area (Å²) in [5.41, 5.74) is 5.61. The molecule has 3 rings (SSSR count). The van der Waals surface area contributed by atoms with Crippen LogP contribution in [0.4, 0.5) is 0 Å². The molecule has 2 aromatic heterocycles. The molecule has 0 saturated heterocycles. The van der Waals surface area contributed by atoms with Gasteiger partial charge in [0.05, 0.1) is 11.2 Å². The zero-order chi connectivity index (χ0) is 17.3. The van der Waals surface area contributed by atoms with Crippen molar-refractivity contribution in [1.29, 1.82) is 0 Å². The Morgan fingerprint density at radius 3 is 2.38 bits per heavy atom. The molecule has 0 amide bonds. The quantitative estimate of drug-likeness (QED) is 0.659. The van der Waals surface area contributed by atoms with E-state index in [0.29, 0.717) is 0 Å². The fraction of sp³-hybridized carbons (Fsp3) is 0.286. The van der Waals surface area contributed by atoms with Crippen LogP contribution in [0.15, 0.2) is 36.7 Å². The molecular formula is C21H23N3. The second-order valence-electron chi connectivity index (χ2n) is 7.25. The molecule has 0 aliphatic heterocycles. The number of rotatable bonds is 2. The first-order valence-electron chi connectivity index (χ1n) is 8.22. The van der Waals surface area contributed by atoms with Crippen LogP contribution in [0.2, 0.25) is 0 Å². The molecule has 2 heterocycles. The number of aromatic nitrogens is 3. The van der Waals surface area contributed by atoms with Crippen molar-refractivity contribution < 1.29 is 0 Å². The van der Waals surface area contributed by atoms with Gasteiger partial charge in [-0.3, -0.25) is 4.98 Å². The van der Waals surface area contributed by atoms with E-state index in [1.165, 1.54) is 11.1 Å². The van der Waals surface area contributed by atoms with E-state index in [4.69, 9.17) is 9.97 Å². The third-order valence-corrected chi connectivity index (χ3v) is 4.15. The van der Waals surface area contributed by atoms with Gasteiger partial charge >= 0.3 is 0 Å². The molecule has 0 spiro atoms. The van der Waals surface area contributed by atoms with Crippen LogP contribution in [-0.4, -0.2) is 15.0 Å². The van der Waals surface area contributed by atoms with Crippen molar-refractivity contribution in [2.45, 2.75) is 40.0 Å². The highest BCUT2D eigenvalue weighted by Crippen LogP contribution is 2.29. The zero-order valence-corrected chi connectivity index (χ0v) is 15.0. The Kier molecular flexibility index (Phi) is 4.18. The van der Waals surface area contributed by atoms with Gasteiger partial charge in [-0.15, -0.1) is 0 Å². The van der Waals surface area contributed by atoms with Crippen molar-refractivity contribution in [1.82, 2.24) is 15.0 Å². The highest BCUT2D eigenvalue weighted by Gasteiger charge is 2.20. The van der Waals surface area contributed by atoms with Gasteiger partial charge in [0.25, 0.3) is 0 Å². The minimum atomic E-state index is -0.0419. The van der Waals surface area contributed by atoms with Gasteiger partial charge in [0.2, 0.25) is 0 Å². The predicted molar refractivity (Wildman–Crippen MR) is 101 cm³/mol. The maximum absolute atomic E-state index is 4.84. The topological polar surface area (TPSA) is 38.7 Å². The summed E-state index contributed by atoms with van der Waals surface area (Å²) in [7, 11) is 0. The molecule has 0 saturated carbocycles. The first-order chi connectivity index (χ1) is 11.3. The summed E-state index contributed by atoms with van der Waals surface area (Å²) in [6.07, 6.45) is 7.56. The average molecular weight is 317 g/mol. The Bertz CT molecular complexity index is 904. The van der Waals surface area contributed by atoms with Gasteiger partial charge in [-0.05, 0) is 60.9 Å². The third-order valence-electron chi connectivity index (χ3n) is 4.15. The van der Waals surface area contributed by atoms with Gasteiger partial charge in [0.1, 0.15) is 0 Å². The Morgan fingerprint density at radius 1 is 0.958 bits per heavy atom. The van der Waals surface area contributed by atoms with E-state index in [9.17, 15) is 0 Å². The molecule has 24 heavy (non-hydrogen) atoms. The zero-order valence-electron chi connectivity index (χ0n) is 15.0. The second kappa shape index (κ2) is 6.16. The number of fused-ring (bicyclic) bond motifs is 1. The first-order valence-corrected chi connectivity index (χ1v) is 8.22. The van der Waals surface area contributed by atoms with Gasteiger partial charge in [0.15, 0.2) is 5.82 Å². The van der Waals surface area contributed by atoms with Gasteiger partial charge in [-0.2, -0.15) is 0 Å². The predicted octanol–water partition coefficient (Wildman–Crippen LogP) is 5.11. The molecule has 0 atom stereocenters. The third kappa shape index (κ3) is 3.35. The molecule has 0 aliphatic carbocycles. The SMILES string of the molecule is Cc1cc2nc(/C=C/c3cccnc3)nc(C(C)(C)C)c2cc1C. The summed E-state index contributed by atoms with van der Waals surface area (Å²) in [6, 6.07) is 8.30. The van der Waals surface area contributed by atoms with E-state index in [0.717, 1.165) is 28.0 Å². The van der Waals surface area contributed by atoms with Crippen LogP contribution >= 0.6 is 0 Å². The van der Waals surface area contributed by atoms with E-state index >= 15 is 0 Å². The van der Waals surface area contributed by atoms with Crippen LogP contribution in [0, 0.1) is 13.8 Å². The number of nitrogens with zero attached hydrogens (tertiary/aromatic N) is 3. The maximum atomic E-state index is 4.84. The molecule has 1 aromatic carbocycles. The molecule has 3 heteroatoms. The molecule has 0 radical (unpaired) electrons. The van der Waals surface area contributed by atoms with Crippen molar-refractivity contribution in [2.75, 3.05) is 0 Å². The minimum Gasteiger partial charge on any atom is -0.264 e. The largest absolute Gasteiger partial charge is 0.264 e. The van der Waals surface area contributed by atoms with Crippen LogP contribution in [-0.2, 0) is 5.41 Å². The number of aryl methyl sites for hydroxylation is 2. The first kappa shape index (κ1) is 16.3. The fourth-order valence-electron chi connectivity index (χ4n) is 2.70. The van der Waals surface area contributed by atoms with E-state index in [2.05, 4.69) is 51.7 Å². The lowest BCUT2D eigenvalue weighted by Crippen LogP contribution is -2.15. The summed E-state index contributed by atoms with van der Waals surface area (Å²) < 4.78 is 0. The Morgan fingerprint density at radius 2 is 1.71 bits per heavy atom. The molecule has 0 bridgehead atoms. The molecule has 0 N–H and O–H groups in total. The van der Waals surface area contributed by atoms with Gasteiger partial charge in [0, 0.05) is 23.2 Å². The Hall–Kier alpha value is -2.55. The van der Waals surface area contributed by atoms with Crippen LogP contribution in [0.3, 0.4) is 0 Å². The summed E-state index contributed by atoms with van der Waals surface area (Å²) in [6.45, 7) is 10.8. The Labute approximate surface area is 143 Å².